The number of rotatable bonds is 5. The zero-order chi connectivity index (χ0) is 17.2. The monoisotopic (exact) mass is 329 g/mol. The number of tetrazole rings is 1. The van der Waals surface area contributed by atoms with Gasteiger partial charge in [-0.1, -0.05) is 32.0 Å². The number of ether oxygens (including phenoxy) is 1. The van der Waals surface area contributed by atoms with Crippen LogP contribution in [-0.2, 0) is 16.7 Å². The minimum atomic E-state index is -0.208. The third kappa shape index (κ3) is 2.84. The van der Waals surface area contributed by atoms with Gasteiger partial charge in [0.05, 0.1) is 24.4 Å². The molecule has 3 rings (SSSR count). The Morgan fingerprint density at radius 1 is 1.21 bits per heavy atom. The van der Waals surface area contributed by atoms with E-state index in [-0.39, 0.29) is 5.54 Å². The number of morpholine rings is 1. The van der Waals surface area contributed by atoms with E-state index in [0.29, 0.717) is 0 Å². The Morgan fingerprint density at radius 3 is 2.62 bits per heavy atom. The molecular weight excluding hydrogens is 302 g/mol. The molecule has 1 aromatic heterocycles. The number of hydrogen-bond acceptors (Lipinski definition) is 5. The summed E-state index contributed by atoms with van der Waals surface area (Å²) in [5.74, 6) is 0.913. The summed E-state index contributed by atoms with van der Waals surface area (Å²) in [7, 11) is 0. The molecule has 1 saturated heterocycles. The highest BCUT2D eigenvalue weighted by atomic mass is 16.5. The van der Waals surface area contributed by atoms with Gasteiger partial charge in [-0.05, 0) is 48.2 Å². The lowest BCUT2D eigenvalue weighted by atomic mass is 9.94. The zero-order valence-corrected chi connectivity index (χ0v) is 15.1. The molecule has 6 heteroatoms. The molecule has 0 spiro atoms. The molecule has 1 aliphatic heterocycles. The van der Waals surface area contributed by atoms with Gasteiger partial charge in [0.25, 0.3) is 0 Å². The van der Waals surface area contributed by atoms with Crippen LogP contribution < -0.4 is 0 Å². The Bertz CT molecular complexity index is 692. The summed E-state index contributed by atoms with van der Waals surface area (Å²) in [6.07, 6.45) is 1.90. The largest absolute Gasteiger partial charge is 0.379 e. The third-order valence-corrected chi connectivity index (χ3v) is 5.26. The molecular formula is C18H27N5O. The first-order valence-electron chi connectivity index (χ1n) is 8.82. The molecule has 1 fully saturated rings. The van der Waals surface area contributed by atoms with Crippen LogP contribution >= 0.6 is 0 Å². The van der Waals surface area contributed by atoms with E-state index in [1.165, 1.54) is 11.1 Å². The van der Waals surface area contributed by atoms with Crippen LogP contribution in [0.15, 0.2) is 18.2 Å². The molecule has 1 aromatic carbocycles. The van der Waals surface area contributed by atoms with E-state index in [0.717, 1.165) is 50.7 Å². The van der Waals surface area contributed by atoms with Gasteiger partial charge in [-0.15, -0.1) is 5.10 Å². The van der Waals surface area contributed by atoms with Gasteiger partial charge in [-0.3, -0.25) is 4.90 Å². The molecule has 6 nitrogen and oxygen atoms in total. The fourth-order valence-corrected chi connectivity index (χ4v) is 3.56. The molecule has 0 saturated carbocycles. The molecule has 1 atom stereocenters. The molecule has 130 valence electrons. The van der Waals surface area contributed by atoms with Crippen molar-refractivity contribution < 1.29 is 4.74 Å². The van der Waals surface area contributed by atoms with E-state index >= 15 is 0 Å². The zero-order valence-electron chi connectivity index (χ0n) is 15.1. The highest BCUT2D eigenvalue weighted by molar-refractivity contribution is 5.47. The molecule has 24 heavy (non-hydrogen) atoms. The lowest BCUT2D eigenvalue weighted by Gasteiger charge is -2.41. The summed E-state index contributed by atoms with van der Waals surface area (Å²) in [4.78, 5) is 2.45. The average molecular weight is 329 g/mol. The summed E-state index contributed by atoms with van der Waals surface area (Å²) < 4.78 is 7.48. The van der Waals surface area contributed by atoms with Crippen LogP contribution in [0.25, 0.3) is 5.69 Å². The van der Waals surface area contributed by atoms with Gasteiger partial charge >= 0.3 is 0 Å². The van der Waals surface area contributed by atoms with Crippen molar-refractivity contribution in [1.82, 2.24) is 25.1 Å². The summed E-state index contributed by atoms with van der Waals surface area (Å²) in [5.41, 5.74) is 3.38. The van der Waals surface area contributed by atoms with Crippen LogP contribution in [0.2, 0.25) is 0 Å². The second-order valence-electron chi connectivity index (χ2n) is 6.58. The van der Waals surface area contributed by atoms with E-state index in [1.54, 1.807) is 0 Å². The summed E-state index contributed by atoms with van der Waals surface area (Å²) in [6, 6.07) is 6.38. The fourth-order valence-electron chi connectivity index (χ4n) is 3.56. The number of para-hydroxylation sites is 1. The Balaban J connectivity index is 2.10. The Kier molecular flexibility index (Phi) is 4.96. The van der Waals surface area contributed by atoms with E-state index in [2.05, 4.69) is 66.3 Å². The van der Waals surface area contributed by atoms with Crippen LogP contribution in [0.4, 0.5) is 0 Å². The first kappa shape index (κ1) is 17.0. The van der Waals surface area contributed by atoms with Crippen LogP contribution in [0.5, 0.6) is 0 Å². The molecule has 0 unspecified atom stereocenters. The van der Waals surface area contributed by atoms with Gasteiger partial charge < -0.3 is 4.74 Å². The van der Waals surface area contributed by atoms with Gasteiger partial charge in [-0.25, -0.2) is 0 Å². The minimum absolute atomic E-state index is 0.208. The SMILES string of the molecule is CCc1cccc(C)c1-n1nnnc1[C@@](C)(CC)N1CCOCC1. The molecule has 0 aliphatic carbocycles. The first-order chi connectivity index (χ1) is 11.6. The van der Waals surface area contributed by atoms with E-state index in [1.807, 2.05) is 4.68 Å². The van der Waals surface area contributed by atoms with Crippen molar-refractivity contribution in [3.8, 4) is 5.69 Å². The van der Waals surface area contributed by atoms with Crippen molar-refractivity contribution in [2.24, 2.45) is 0 Å². The minimum Gasteiger partial charge on any atom is -0.379 e. The van der Waals surface area contributed by atoms with Crippen LogP contribution in [0.3, 0.4) is 0 Å². The first-order valence-corrected chi connectivity index (χ1v) is 8.82. The predicted molar refractivity (Wildman–Crippen MR) is 93.3 cm³/mol. The number of benzene rings is 1. The lowest BCUT2D eigenvalue weighted by molar-refractivity contribution is -0.0240. The molecule has 0 N–H and O–H groups in total. The topological polar surface area (TPSA) is 56.1 Å². The lowest BCUT2D eigenvalue weighted by Crippen LogP contribution is -2.50. The number of nitrogens with zero attached hydrogens (tertiary/aromatic N) is 5. The number of aromatic nitrogens is 4. The molecule has 1 aliphatic rings. The second kappa shape index (κ2) is 6.99. The summed E-state index contributed by atoms with van der Waals surface area (Å²) in [5, 5.41) is 12.8. The van der Waals surface area contributed by atoms with Crippen LogP contribution in [-0.4, -0.2) is 51.4 Å². The maximum Gasteiger partial charge on any atom is 0.176 e. The van der Waals surface area contributed by atoms with Crippen molar-refractivity contribution in [2.45, 2.75) is 46.1 Å². The smallest absolute Gasteiger partial charge is 0.176 e. The molecule has 0 amide bonds. The fraction of sp³-hybridized carbons (Fsp3) is 0.611. The van der Waals surface area contributed by atoms with E-state index in [4.69, 9.17) is 4.74 Å². The van der Waals surface area contributed by atoms with Crippen molar-refractivity contribution >= 4 is 0 Å². The van der Waals surface area contributed by atoms with Crippen LogP contribution in [0.1, 0.15) is 44.1 Å². The Hall–Kier alpha value is -1.79. The third-order valence-electron chi connectivity index (χ3n) is 5.26. The summed E-state index contributed by atoms with van der Waals surface area (Å²) in [6.45, 7) is 12.1. The second-order valence-corrected chi connectivity index (χ2v) is 6.58. The predicted octanol–water partition coefficient (Wildman–Crippen LogP) is 2.49. The number of aryl methyl sites for hydroxylation is 2. The molecule has 2 heterocycles. The Labute approximate surface area is 143 Å². The van der Waals surface area contributed by atoms with Gasteiger partial charge in [-0.2, -0.15) is 4.68 Å². The molecule has 0 radical (unpaired) electrons. The maximum atomic E-state index is 5.53. The maximum absolute atomic E-state index is 5.53. The van der Waals surface area contributed by atoms with E-state index in [9.17, 15) is 0 Å². The van der Waals surface area contributed by atoms with Crippen LogP contribution in [0, 0.1) is 6.92 Å². The van der Waals surface area contributed by atoms with Crippen molar-refractivity contribution in [2.75, 3.05) is 26.3 Å². The van der Waals surface area contributed by atoms with Gasteiger partial charge in [0, 0.05) is 13.1 Å². The van der Waals surface area contributed by atoms with E-state index < -0.39 is 0 Å². The van der Waals surface area contributed by atoms with Crippen molar-refractivity contribution in [3.63, 3.8) is 0 Å². The normalized spacial score (nSPS) is 18.5. The van der Waals surface area contributed by atoms with Crippen molar-refractivity contribution in [1.29, 1.82) is 0 Å². The van der Waals surface area contributed by atoms with Gasteiger partial charge in [0.2, 0.25) is 0 Å². The van der Waals surface area contributed by atoms with Crippen molar-refractivity contribution in [3.05, 3.63) is 35.2 Å². The molecule has 2 aromatic rings. The van der Waals surface area contributed by atoms with Gasteiger partial charge in [0.15, 0.2) is 5.82 Å². The van der Waals surface area contributed by atoms with Gasteiger partial charge in [0.1, 0.15) is 0 Å². The summed E-state index contributed by atoms with van der Waals surface area (Å²) >= 11 is 0. The molecule has 0 bridgehead atoms. The Morgan fingerprint density at radius 2 is 1.96 bits per heavy atom. The standard InChI is InChI=1S/C18H27N5O/c1-5-15-9-7-8-14(3)16(15)23-17(19-20-21-23)18(4,6-2)22-10-12-24-13-11-22/h7-9H,5-6,10-13H2,1-4H3/t18-/m1/s1. The highest BCUT2D eigenvalue weighted by Gasteiger charge is 2.38. The number of hydrogen-bond donors (Lipinski definition) is 0. The average Bonchev–Trinajstić information content (AvgIpc) is 3.11. The highest BCUT2D eigenvalue weighted by Crippen LogP contribution is 2.33. The quantitative estimate of drug-likeness (QED) is 0.843.